The summed E-state index contributed by atoms with van der Waals surface area (Å²) in [5.74, 6) is 2.49. The summed E-state index contributed by atoms with van der Waals surface area (Å²) in [6, 6.07) is 0. The maximum atomic E-state index is 10.7. The highest BCUT2D eigenvalue weighted by Crippen LogP contribution is 2.19. The predicted molar refractivity (Wildman–Crippen MR) is 37.1 cm³/mol. The third kappa shape index (κ3) is 1.51. The zero-order valence-corrected chi connectivity index (χ0v) is 5.96. The van der Waals surface area contributed by atoms with Crippen molar-refractivity contribution in [2.45, 2.75) is 25.9 Å². The van der Waals surface area contributed by atoms with E-state index in [9.17, 15) is 4.79 Å². The van der Waals surface area contributed by atoms with Crippen LogP contribution in [0.4, 0.5) is 0 Å². The number of hydrogen-bond donors (Lipinski definition) is 0. The number of hydrogen-bond acceptors (Lipinski definition) is 2. The molecule has 0 aromatic rings. The number of terminal acetylenes is 1. The molecular weight excluding hydrogens is 128 g/mol. The van der Waals surface area contributed by atoms with Crippen LogP contribution in [0.1, 0.15) is 19.8 Å². The minimum atomic E-state index is -0.165. The molecule has 2 atom stereocenters. The number of ether oxygens (including phenoxy) is 1. The van der Waals surface area contributed by atoms with Crippen LogP contribution < -0.4 is 0 Å². The number of esters is 1. The molecule has 0 spiro atoms. The van der Waals surface area contributed by atoms with E-state index in [1.807, 2.05) is 6.92 Å². The monoisotopic (exact) mass is 138 g/mol. The molecule has 0 aromatic heterocycles. The standard InChI is InChI=1S/C8H10O2/c1-3-7-4-6(2)10-8(9)5-7/h1,6-7H,4-5H2,2H3. The zero-order chi connectivity index (χ0) is 7.56. The van der Waals surface area contributed by atoms with Crippen molar-refractivity contribution in [3.63, 3.8) is 0 Å². The highest BCUT2D eigenvalue weighted by Gasteiger charge is 2.23. The zero-order valence-electron chi connectivity index (χ0n) is 5.96. The number of rotatable bonds is 0. The molecule has 2 heteroatoms. The number of carbonyl (C=O) groups excluding carboxylic acids is 1. The molecule has 0 radical (unpaired) electrons. The van der Waals surface area contributed by atoms with E-state index in [1.54, 1.807) is 0 Å². The second-order valence-electron chi connectivity index (χ2n) is 2.60. The van der Waals surface area contributed by atoms with Crippen molar-refractivity contribution >= 4 is 5.97 Å². The Morgan fingerprint density at radius 2 is 2.50 bits per heavy atom. The van der Waals surface area contributed by atoms with Crippen LogP contribution in [-0.4, -0.2) is 12.1 Å². The molecular formula is C8H10O2. The molecule has 0 saturated carbocycles. The van der Waals surface area contributed by atoms with E-state index in [-0.39, 0.29) is 18.0 Å². The van der Waals surface area contributed by atoms with Gasteiger partial charge in [-0.15, -0.1) is 12.3 Å². The van der Waals surface area contributed by atoms with E-state index < -0.39 is 0 Å². The average molecular weight is 138 g/mol. The van der Waals surface area contributed by atoms with Gasteiger partial charge in [0.2, 0.25) is 0 Å². The van der Waals surface area contributed by atoms with Crippen LogP contribution >= 0.6 is 0 Å². The smallest absolute Gasteiger partial charge is 0.307 e. The first kappa shape index (κ1) is 7.14. The van der Waals surface area contributed by atoms with Gasteiger partial charge in [0.1, 0.15) is 6.10 Å². The predicted octanol–water partition coefficient (Wildman–Crippen LogP) is 0.961. The Kier molecular flexibility index (Phi) is 1.96. The van der Waals surface area contributed by atoms with Crippen LogP contribution in [0, 0.1) is 18.3 Å². The number of carbonyl (C=O) groups is 1. The summed E-state index contributed by atoms with van der Waals surface area (Å²) < 4.78 is 4.88. The fraction of sp³-hybridized carbons (Fsp3) is 0.625. The van der Waals surface area contributed by atoms with Crippen LogP contribution in [-0.2, 0) is 9.53 Å². The van der Waals surface area contributed by atoms with Crippen molar-refractivity contribution in [3.05, 3.63) is 0 Å². The second-order valence-corrected chi connectivity index (χ2v) is 2.60. The summed E-state index contributed by atoms with van der Waals surface area (Å²) in [7, 11) is 0. The van der Waals surface area contributed by atoms with E-state index in [0.29, 0.717) is 6.42 Å². The van der Waals surface area contributed by atoms with E-state index >= 15 is 0 Å². The normalized spacial score (nSPS) is 32.6. The van der Waals surface area contributed by atoms with Gasteiger partial charge >= 0.3 is 5.97 Å². The highest BCUT2D eigenvalue weighted by molar-refractivity contribution is 5.71. The highest BCUT2D eigenvalue weighted by atomic mass is 16.5. The van der Waals surface area contributed by atoms with Gasteiger partial charge in [-0.05, 0) is 13.3 Å². The van der Waals surface area contributed by atoms with Crippen LogP contribution in [0.5, 0.6) is 0 Å². The van der Waals surface area contributed by atoms with Gasteiger partial charge < -0.3 is 4.74 Å². The fourth-order valence-corrected chi connectivity index (χ4v) is 1.13. The Morgan fingerprint density at radius 3 is 3.00 bits per heavy atom. The Bertz CT molecular complexity index is 178. The van der Waals surface area contributed by atoms with E-state index in [2.05, 4.69) is 5.92 Å². The lowest BCUT2D eigenvalue weighted by atomic mass is 9.97. The molecule has 54 valence electrons. The van der Waals surface area contributed by atoms with Gasteiger partial charge in [0, 0.05) is 5.92 Å². The van der Waals surface area contributed by atoms with Crippen LogP contribution in [0.2, 0.25) is 0 Å². The lowest BCUT2D eigenvalue weighted by Crippen LogP contribution is -2.26. The van der Waals surface area contributed by atoms with Gasteiger partial charge in [-0.1, -0.05) is 0 Å². The summed E-state index contributed by atoms with van der Waals surface area (Å²) >= 11 is 0. The number of cyclic esters (lactones) is 1. The van der Waals surface area contributed by atoms with Crippen LogP contribution in [0.3, 0.4) is 0 Å². The summed E-state index contributed by atoms with van der Waals surface area (Å²) in [4.78, 5) is 10.7. The Hall–Kier alpha value is -0.970. The van der Waals surface area contributed by atoms with Crippen molar-refractivity contribution in [2.24, 2.45) is 5.92 Å². The summed E-state index contributed by atoms with van der Waals surface area (Å²) in [6.45, 7) is 1.86. The maximum Gasteiger partial charge on any atom is 0.307 e. The Balaban J connectivity index is 2.52. The third-order valence-corrected chi connectivity index (χ3v) is 1.60. The fourth-order valence-electron chi connectivity index (χ4n) is 1.13. The SMILES string of the molecule is C#CC1CC(=O)OC(C)C1. The van der Waals surface area contributed by atoms with Crippen molar-refractivity contribution < 1.29 is 9.53 Å². The maximum absolute atomic E-state index is 10.7. The molecule has 0 bridgehead atoms. The summed E-state index contributed by atoms with van der Waals surface area (Å²) in [5, 5.41) is 0. The minimum Gasteiger partial charge on any atom is -0.463 e. The topological polar surface area (TPSA) is 26.3 Å². The van der Waals surface area contributed by atoms with E-state index in [0.717, 1.165) is 6.42 Å². The first-order chi connectivity index (χ1) is 4.72. The molecule has 2 nitrogen and oxygen atoms in total. The molecule has 0 aliphatic carbocycles. The van der Waals surface area contributed by atoms with Crippen molar-refractivity contribution in [3.8, 4) is 12.3 Å². The molecule has 0 N–H and O–H groups in total. The minimum absolute atomic E-state index is 0.00213. The van der Waals surface area contributed by atoms with Gasteiger partial charge in [0.05, 0.1) is 6.42 Å². The molecule has 1 rings (SSSR count). The van der Waals surface area contributed by atoms with Crippen molar-refractivity contribution in [2.75, 3.05) is 0 Å². The lowest BCUT2D eigenvalue weighted by Gasteiger charge is -2.22. The molecule has 10 heavy (non-hydrogen) atoms. The molecule has 1 saturated heterocycles. The summed E-state index contributed by atoms with van der Waals surface area (Å²) in [6.07, 6.45) is 6.37. The van der Waals surface area contributed by atoms with Crippen molar-refractivity contribution in [1.29, 1.82) is 0 Å². The first-order valence-electron chi connectivity index (χ1n) is 3.38. The molecule has 0 amide bonds. The Morgan fingerprint density at radius 1 is 1.80 bits per heavy atom. The molecule has 1 fully saturated rings. The van der Waals surface area contributed by atoms with Crippen molar-refractivity contribution in [1.82, 2.24) is 0 Å². The van der Waals surface area contributed by atoms with Crippen LogP contribution in [0.25, 0.3) is 0 Å². The van der Waals surface area contributed by atoms with Gasteiger partial charge in [-0.25, -0.2) is 0 Å². The quantitative estimate of drug-likeness (QED) is 0.368. The van der Waals surface area contributed by atoms with E-state index in [1.165, 1.54) is 0 Å². The Labute approximate surface area is 60.6 Å². The van der Waals surface area contributed by atoms with Gasteiger partial charge in [-0.3, -0.25) is 4.79 Å². The van der Waals surface area contributed by atoms with Gasteiger partial charge in [0.25, 0.3) is 0 Å². The average Bonchev–Trinajstić information content (AvgIpc) is 1.85. The largest absolute Gasteiger partial charge is 0.463 e. The van der Waals surface area contributed by atoms with Gasteiger partial charge in [-0.2, -0.15) is 0 Å². The van der Waals surface area contributed by atoms with Crippen LogP contribution in [0.15, 0.2) is 0 Å². The van der Waals surface area contributed by atoms with E-state index in [4.69, 9.17) is 11.2 Å². The second kappa shape index (κ2) is 2.74. The molecule has 1 aliphatic rings. The lowest BCUT2D eigenvalue weighted by molar-refractivity contribution is -0.154. The molecule has 1 aliphatic heterocycles. The van der Waals surface area contributed by atoms with Gasteiger partial charge in [0.15, 0.2) is 0 Å². The third-order valence-electron chi connectivity index (χ3n) is 1.60. The molecule has 2 unspecified atom stereocenters. The molecule has 1 heterocycles. The first-order valence-corrected chi connectivity index (χ1v) is 3.38. The summed E-state index contributed by atoms with van der Waals surface area (Å²) in [5.41, 5.74) is 0. The molecule has 0 aromatic carbocycles.